The first kappa shape index (κ1) is 16.7. The van der Waals surface area contributed by atoms with Gasteiger partial charge in [-0.05, 0) is 38.4 Å². The second-order valence-corrected chi connectivity index (χ2v) is 6.81. The van der Waals surface area contributed by atoms with Crippen LogP contribution in [0, 0.1) is 6.92 Å². The van der Waals surface area contributed by atoms with Crippen LogP contribution in [0.25, 0.3) is 0 Å². The monoisotopic (exact) mass is 326 g/mol. The van der Waals surface area contributed by atoms with Gasteiger partial charge in [-0.1, -0.05) is 30.3 Å². The summed E-state index contributed by atoms with van der Waals surface area (Å²) < 4.78 is 0. The van der Waals surface area contributed by atoms with E-state index in [2.05, 4.69) is 33.3 Å². The Morgan fingerprint density at radius 3 is 2.88 bits per heavy atom. The summed E-state index contributed by atoms with van der Waals surface area (Å²) in [7, 11) is 2.00. The summed E-state index contributed by atoms with van der Waals surface area (Å²) in [5, 5.41) is 7.38. The first-order valence-corrected chi connectivity index (χ1v) is 8.64. The highest BCUT2D eigenvalue weighted by molar-refractivity contribution is 5.78. The van der Waals surface area contributed by atoms with Crippen molar-refractivity contribution in [2.24, 2.45) is 0 Å². The smallest absolute Gasteiger partial charge is 0.236 e. The zero-order valence-corrected chi connectivity index (χ0v) is 14.5. The lowest BCUT2D eigenvalue weighted by Crippen LogP contribution is -2.43. The van der Waals surface area contributed by atoms with Crippen molar-refractivity contribution in [3.63, 3.8) is 0 Å². The Morgan fingerprint density at radius 1 is 1.38 bits per heavy atom. The summed E-state index contributed by atoms with van der Waals surface area (Å²) in [5.74, 6) is 0.567. The van der Waals surface area contributed by atoms with Gasteiger partial charge in [0, 0.05) is 31.2 Å². The fraction of sp³-hybridized carbons (Fsp3) is 0.474. The van der Waals surface area contributed by atoms with Crippen molar-refractivity contribution < 1.29 is 4.79 Å². The van der Waals surface area contributed by atoms with Gasteiger partial charge in [-0.3, -0.25) is 14.8 Å². The van der Waals surface area contributed by atoms with Crippen molar-refractivity contribution in [3.05, 3.63) is 53.3 Å². The number of carbonyl (C=O) groups excluding carboxylic acids is 1. The van der Waals surface area contributed by atoms with Crippen molar-refractivity contribution in [1.29, 1.82) is 0 Å². The Bertz CT molecular complexity index is 667. The number of aromatic amines is 1. The fourth-order valence-corrected chi connectivity index (χ4v) is 3.38. The second-order valence-electron chi connectivity index (χ2n) is 6.81. The van der Waals surface area contributed by atoms with E-state index in [1.165, 1.54) is 5.56 Å². The van der Waals surface area contributed by atoms with Crippen LogP contribution in [0.4, 0.5) is 0 Å². The van der Waals surface area contributed by atoms with Crippen molar-refractivity contribution in [1.82, 2.24) is 20.0 Å². The Morgan fingerprint density at radius 2 is 2.17 bits per heavy atom. The number of likely N-dealkylation sites (N-methyl/N-ethyl adjacent to an activating group) is 1. The van der Waals surface area contributed by atoms with Gasteiger partial charge in [0.25, 0.3) is 0 Å². The number of hydrogen-bond donors (Lipinski definition) is 1. The number of nitrogens with one attached hydrogen (secondary N) is 1. The van der Waals surface area contributed by atoms with Crippen LogP contribution in [-0.4, -0.2) is 52.6 Å². The molecule has 0 saturated carbocycles. The van der Waals surface area contributed by atoms with Crippen LogP contribution in [0.1, 0.15) is 35.7 Å². The summed E-state index contributed by atoms with van der Waals surface area (Å²) in [6.45, 7) is 4.91. The second kappa shape index (κ2) is 7.62. The van der Waals surface area contributed by atoms with Crippen molar-refractivity contribution >= 4 is 5.91 Å². The largest absolute Gasteiger partial charge is 0.341 e. The Kier molecular flexibility index (Phi) is 5.30. The van der Waals surface area contributed by atoms with Crippen LogP contribution in [0.2, 0.25) is 0 Å². The van der Waals surface area contributed by atoms with Crippen LogP contribution in [-0.2, 0) is 11.3 Å². The van der Waals surface area contributed by atoms with Gasteiger partial charge in [0.05, 0.1) is 12.2 Å². The molecule has 0 radical (unpaired) electrons. The number of nitrogens with zero attached hydrogens (tertiary/aromatic N) is 3. The van der Waals surface area contributed by atoms with E-state index >= 15 is 0 Å². The molecule has 1 fully saturated rings. The van der Waals surface area contributed by atoms with Crippen molar-refractivity contribution in [2.75, 3.05) is 26.7 Å². The average molecular weight is 326 g/mol. The van der Waals surface area contributed by atoms with Crippen molar-refractivity contribution in [2.45, 2.75) is 32.2 Å². The van der Waals surface area contributed by atoms with Crippen LogP contribution in [0.15, 0.2) is 36.4 Å². The van der Waals surface area contributed by atoms with E-state index in [1.807, 2.05) is 37.1 Å². The third-order valence-electron chi connectivity index (χ3n) is 4.62. The molecule has 5 nitrogen and oxygen atoms in total. The minimum absolute atomic E-state index is 0.213. The molecule has 24 heavy (non-hydrogen) atoms. The molecule has 1 aromatic carbocycles. The number of rotatable bonds is 5. The topological polar surface area (TPSA) is 52.2 Å². The van der Waals surface area contributed by atoms with Crippen LogP contribution < -0.4 is 0 Å². The highest BCUT2D eigenvalue weighted by Gasteiger charge is 2.26. The first-order valence-electron chi connectivity index (χ1n) is 8.64. The molecule has 0 bridgehead atoms. The highest BCUT2D eigenvalue weighted by atomic mass is 16.2. The van der Waals surface area contributed by atoms with Gasteiger partial charge in [-0.25, -0.2) is 0 Å². The maximum Gasteiger partial charge on any atom is 0.236 e. The Balaban J connectivity index is 1.54. The number of aryl methyl sites for hydroxylation is 1. The normalized spacial score (nSPS) is 18.1. The van der Waals surface area contributed by atoms with Crippen LogP contribution >= 0.6 is 0 Å². The van der Waals surface area contributed by atoms with E-state index in [-0.39, 0.29) is 5.91 Å². The molecule has 1 saturated heterocycles. The van der Waals surface area contributed by atoms with Crippen LogP contribution in [0.3, 0.4) is 0 Å². The average Bonchev–Trinajstić information content (AvgIpc) is 3.02. The number of hydrogen-bond acceptors (Lipinski definition) is 3. The zero-order valence-electron chi connectivity index (χ0n) is 14.5. The zero-order chi connectivity index (χ0) is 16.9. The number of likely N-dealkylation sites (tertiary alicyclic amines) is 1. The quantitative estimate of drug-likeness (QED) is 0.919. The molecule has 2 heterocycles. The van der Waals surface area contributed by atoms with E-state index in [4.69, 9.17) is 0 Å². The van der Waals surface area contributed by atoms with E-state index in [0.717, 1.165) is 43.9 Å². The Hall–Kier alpha value is -2.14. The molecule has 128 valence electrons. The number of amides is 1. The maximum absolute atomic E-state index is 12.6. The van der Waals surface area contributed by atoms with Gasteiger partial charge < -0.3 is 4.90 Å². The fourth-order valence-electron chi connectivity index (χ4n) is 3.38. The summed E-state index contributed by atoms with van der Waals surface area (Å²) in [6.07, 6.45) is 2.15. The van der Waals surface area contributed by atoms with E-state index in [1.54, 1.807) is 0 Å². The van der Waals surface area contributed by atoms with Gasteiger partial charge in [0.15, 0.2) is 0 Å². The van der Waals surface area contributed by atoms with E-state index in [9.17, 15) is 4.79 Å². The lowest BCUT2D eigenvalue weighted by molar-refractivity contribution is -0.133. The molecular formula is C19H26N4O. The lowest BCUT2D eigenvalue weighted by Gasteiger charge is -2.33. The van der Waals surface area contributed by atoms with Gasteiger partial charge in [-0.15, -0.1) is 0 Å². The number of H-pyrrole nitrogens is 1. The standard InChI is InChI=1S/C19H26N4O/c1-15-11-18(21-20-15)17-9-6-10-23(13-17)19(24)14-22(2)12-16-7-4-3-5-8-16/h3-5,7-8,11,17H,6,9-10,12-14H2,1-2H3,(H,20,21)/t17-/m1/s1. The minimum Gasteiger partial charge on any atom is -0.341 e. The molecule has 0 aliphatic carbocycles. The SMILES string of the molecule is Cc1cc([C@@H]2CCCN(C(=O)CN(C)Cc3ccccc3)C2)n[nH]1. The summed E-state index contributed by atoms with van der Waals surface area (Å²) in [6, 6.07) is 12.4. The Labute approximate surface area is 143 Å². The maximum atomic E-state index is 12.6. The molecule has 1 amide bonds. The highest BCUT2D eigenvalue weighted by Crippen LogP contribution is 2.26. The molecule has 5 heteroatoms. The van der Waals surface area contributed by atoms with Gasteiger partial charge in [0.1, 0.15) is 0 Å². The molecule has 0 unspecified atom stereocenters. The summed E-state index contributed by atoms with van der Waals surface area (Å²) in [5.41, 5.74) is 3.40. The molecule has 1 N–H and O–H groups in total. The third kappa shape index (κ3) is 4.23. The third-order valence-corrected chi connectivity index (χ3v) is 4.62. The first-order chi connectivity index (χ1) is 11.6. The summed E-state index contributed by atoms with van der Waals surface area (Å²) >= 11 is 0. The molecule has 1 aromatic heterocycles. The molecule has 2 aromatic rings. The molecule has 1 aliphatic heterocycles. The molecular weight excluding hydrogens is 300 g/mol. The van der Waals surface area contributed by atoms with Crippen molar-refractivity contribution in [3.8, 4) is 0 Å². The van der Waals surface area contributed by atoms with Gasteiger partial charge in [0.2, 0.25) is 5.91 Å². The minimum atomic E-state index is 0.213. The lowest BCUT2D eigenvalue weighted by atomic mass is 9.94. The van der Waals surface area contributed by atoms with Crippen LogP contribution in [0.5, 0.6) is 0 Å². The predicted octanol–water partition coefficient (Wildman–Crippen LogP) is 2.56. The molecule has 1 atom stereocenters. The molecule has 3 rings (SSSR count). The number of benzene rings is 1. The molecule has 0 spiro atoms. The molecule has 1 aliphatic rings. The summed E-state index contributed by atoms with van der Waals surface area (Å²) in [4.78, 5) is 16.7. The number of piperidine rings is 1. The van der Waals surface area contributed by atoms with Gasteiger partial charge in [-0.2, -0.15) is 5.10 Å². The van der Waals surface area contributed by atoms with Gasteiger partial charge >= 0.3 is 0 Å². The predicted molar refractivity (Wildman–Crippen MR) is 94.7 cm³/mol. The number of aromatic nitrogens is 2. The van der Waals surface area contributed by atoms with E-state index < -0.39 is 0 Å². The van der Waals surface area contributed by atoms with E-state index in [0.29, 0.717) is 12.5 Å². The number of carbonyl (C=O) groups is 1.